The van der Waals surface area contributed by atoms with E-state index in [4.69, 9.17) is 0 Å². The van der Waals surface area contributed by atoms with Crippen LogP contribution in [0.1, 0.15) is 56.2 Å². The summed E-state index contributed by atoms with van der Waals surface area (Å²) >= 11 is 1.99. The van der Waals surface area contributed by atoms with Crippen molar-refractivity contribution in [2.75, 3.05) is 6.54 Å². The van der Waals surface area contributed by atoms with Crippen molar-refractivity contribution >= 4 is 11.3 Å². The smallest absolute Gasteiger partial charge is 0.00645 e. The van der Waals surface area contributed by atoms with Gasteiger partial charge in [0.2, 0.25) is 0 Å². The predicted octanol–water partition coefficient (Wildman–Crippen LogP) is 4.41. The molecule has 0 aliphatic heterocycles. The summed E-state index contributed by atoms with van der Waals surface area (Å²) in [4.78, 5) is 3.09. The zero-order valence-corrected chi connectivity index (χ0v) is 12.4. The van der Waals surface area contributed by atoms with Crippen LogP contribution < -0.4 is 5.32 Å². The van der Waals surface area contributed by atoms with Crippen molar-refractivity contribution in [2.45, 2.75) is 65.3 Å². The largest absolute Gasteiger partial charge is 0.314 e. The topological polar surface area (TPSA) is 12.0 Å². The van der Waals surface area contributed by atoms with Crippen LogP contribution in [0.25, 0.3) is 0 Å². The fourth-order valence-corrected chi connectivity index (χ4v) is 3.07. The van der Waals surface area contributed by atoms with Gasteiger partial charge in [-0.25, -0.2) is 0 Å². The third-order valence-corrected chi connectivity index (χ3v) is 4.51. The van der Waals surface area contributed by atoms with E-state index in [1.54, 1.807) is 4.88 Å². The van der Waals surface area contributed by atoms with Crippen molar-refractivity contribution in [3.8, 4) is 0 Å². The van der Waals surface area contributed by atoms with E-state index < -0.39 is 0 Å². The van der Waals surface area contributed by atoms with Crippen molar-refractivity contribution in [1.82, 2.24) is 5.32 Å². The summed E-state index contributed by atoms with van der Waals surface area (Å²) in [6, 6.07) is 5.32. The molecular formula is C15H27NS. The molecule has 0 saturated heterocycles. The fourth-order valence-electron chi connectivity index (χ4n) is 2.07. The average Bonchev–Trinajstić information content (AvgIpc) is 2.81. The van der Waals surface area contributed by atoms with Gasteiger partial charge in [0.05, 0.1) is 0 Å². The van der Waals surface area contributed by atoms with Crippen LogP contribution in [-0.2, 0) is 12.8 Å². The summed E-state index contributed by atoms with van der Waals surface area (Å²) in [5.41, 5.74) is 0. The number of thiophene rings is 1. The van der Waals surface area contributed by atoms with Crippen molar-refractivity contribution in [2.24, 2.45) is 0 Å². The third kappa shape index (κ3) is 5.69. The molecule has 2 heteroatoms. The Labute approximate surface area is 111 Å². The first-order valence-corrected chi connectivity index (χ1v) is 7.92. The molecule has 1 atom stereocenters. The van der Waals surface area contributed by atoms with Gasteiger partial charge in [-0.2, -0.15) is 0 Å². The quantitative estimate of drug-likeness (QED) is 0.687. The van der Waals surface area contributed by atoms with Crippen LogP contribution in [0.4, 0.5) is 0 Å². The average molecular weight is 253 g/mol. The summed E-state index contributed by atoms with van der Waals surface area (Å²) in [6.45, 7) is 7.92. The SMILES string of the molecule is CCCNC(CC)CCCc1ccc(CC)s1. The van der Waals surface area contributed by atoms with Gasteiger partial charge in [-0.15, -0.1) is 11.3 Å². The molecule has 0 spiro atoms. The van der Waals surface area contributed by atoms with Crippen molar-refractivity contribution < 1.29 is 0 Å². The van der Waals surface area contributed by atoms with Crippen LogP contribution in [0.2, 0.25) is 0 Å². The van der Waals surface area contributed by atoms with E-state index in [0.29, 0.717) is 0 Å². The molecule has 1 heterocycles. The van der Waals surface area contributed by atoms with Gasteiger partial charge in [0.1, 0.15) is 0 Å². The summed E-state index contributed by atoms with van der Waals surface area (Å²) in [7, 11) is 0. The molecule has 1 N–H and O–H groups in total. The molecule has 0 amide bonds. The van der Waals surface area contributed by atoms with E-state index >= 15 is 0 Å². The van der Waals surface area contributed by atoms with Crippen molar-refractivity contribution in [1.29, 1.82) is 0 Å². The monoisotopic (exact) mass is 253 g/mol. The van der Waals surface area contributed by atoms with Gasteiger partial charge in [0.25, 0.3) is 0 Å². The first-order valence-electron chi connectivity index (χ1n) is 7.11. The van der Waals surface area contributed by atoms with E-state index in [9.17, 15) is 0 Å². The zero-order valence-electron chi connectivity index (χ0n) is 11.6. The van der Waals surface area contributed by atoms with Crippen LogP contribution in [0.3, 0.4) is 0 Å². The number of hydrogen-bond donors (Lipinski definition) is 1. The highest BCUT2D eigenvalue weighted by Crippen LogP contribution is 2.19. The highest BCUT2D eigenvalue weighted by atomic mass is 32.1. The van der Waals surface area contributed by atoms with Gasteiger partial charge in [-0.05, 0) is 57.2 Å². The van der Waals surface area contributed by atoms with Gasteiger partial charge in [0.15, 0.2) is 0 Å². The summed E-state index contributed by atoms with van der Waals surface area (Å²) < 4.78 is 0. The molecule has 0 radical (unpaired) electrons. The molecule has 0 aliphatic rings. The Balaban J connectivity index is 2.21. The molecule has 1 nitrogen and oxygen atoms in total. The van der Waals surface area contributed by atoms with Gasteiger partial charge < -0.3 is 5.32 Å². The second-order valence-corrected chi connectivity index (χ2v) is 5.93. The van der Waals surface area contributed by atoms with Crippen LogP contribution in [0.5, 0.6) is 0 Å². The highest BCUT2D eigenvalue weighted by Gasteiger charge is 2.05. The number of aryl methyl sites for hydroxylation is 2. The Hall–Kier alpha value is -0.340. The molecule has 0 saturated carbocycles. The molecule has 0 bridgehead atoms. The Bertz CT molecular complexity index is 293. The maximum Gasteiger partial charge on any atom is 0.00645 e. The van der Waals surface area contributed by atoms with Crippen molar-refractivity contribution in [3.63, 3.8) is 0 Å². The van der Waals surface area contributed by atoms with Crippen LogP contribution in [0.15, 0.2) is 12.1 Å². The molecule has 98 valence electrons. The molecular weight excluding hydrogens is 226 g/mol. The number of rotatable bonds is 9. The normalized spacial score (nSPS) is 12.9. The van der Waals surface area contributed by atoms with E-state index in [0.717, 1.165) is 12.6 Å². The third-order valence-electron chi connectivity index (χ3n) is 3.22. The molecule has 1 aromatic rings. The van der Waals surface area contributed by atoms with Gasteiger partial charge in [-0.1, -0.05) is 20.8 Å². The maximum absolute atomic E-state index is 3.63. The summed E-state index contributed by atoms with van der Waals surface area (Å²) in [6.07, 6.45) is 7.57. The Morgan fingerprint density at radius 1 is 1.18 bits per heavy atom. The Kier molecular flexibility index (Phi) is 7.54. The molecule has 0 aromatic carbocycles. The molecule has 0 aliphatic carbocycles. The fraction of sp³-hybridized carbons (Fsp3) is 0.733. The minimum Gasteiger partial charge on any atom is -0.314 e. The van der Waals surface area contributed by atoms with Gasteiger partial charge in [0, 0.05) is 15.8 Å². The van der Waals surface area contributed by atoms with Crippen LogP contribution in [-0.4, -0.2) is 12.6 Å². The lowest BCUT2D eigenvalue weighted by Crippen LogP contribution is -2.29. The summed E-state index contributed by atoms with van der Waals surface area (Å²) in [5.74, 6) is 0. The number of hydrogen-bond acceptors (Lipinski definition) is 2. The first-order chi connectivity index (χ1) is 8.30. The minimum atomic E-state index is 0.723. The molecule has 1 rings (SSSR count). The highest BCUT2D eigenvalue weighted by molar-refractivity contribution is 7.11. The Morgan fingerprint density at radius 2 is 1.94 bits per heavy atom. The standard InChI is InChI=1S/C15H27NS/c1-4-12-16-13(5-2)8-7-9-15-11-10-14(6-3)17-15/h10-11,13,16H,4-9,12H2,1-3H3. The van der Waals surface area contributed by atoms with Crippen molar-refractivity contribution in [3.05, 3.63) is 21.9 Å². The zero-order chi connectivity index (χ0) is 12.5. The van der Waals surface area contributed by atoms with E-state index in [1.165, 1.54) is 43.4 Å². The van der Waals surface area contributed by atoms with Gasteiger partial charge >= 0.3 is 0 Å². The lowest BCUT2D eigenvalue weighted by atomic mass is 10.1. The molecule has 0 fully saturated rings. The first kappa shape index (κ1) is 14.7. The predicted molar refractivity (Wildman–Crippen MR) is 79.0 cm³/mol. The van der Waals surface area contributed by atoms with E-state index in [2.05, 4.69) is 38.2 Å². The summed E-state index contributed by atoms with van der Waals surface area (Å²) in [5, 5.41) is 3.63. The maximum atomic E-state index is 3.63. The Morgan fingerprint density at radius 3 is 2.53 bits per heavy atom. The van der Waals surface area contributed by atoms with Crippen LogP contribution in [0, 0.1) is 0 Å². The van der Waals surface area contributed by atoms with E-state index in [-0.39, 0.29) is 0 Å². The molecule has 1 unspecified atom stereocenters. The van der Waals surface area contributed by atoms with Crippen LogP contribution >= 0.6 is 11.3 Å². The second kappa shape index (κ2) is 8.71. The second-order valence-electron chi connectivity index (χ2n) is 4.67. The lowest BCUT2D eigenvalue weighted by molar-refractivity contribution is 0.456. The minimum absolute atomic E-state index is 0.723. The lowest BCUT2D eigenvalue weighted by Gasteiger charge is -2.15. The molecule has 1 aromatic heterocycles. The molecule has 17 heavy (non-hydrogen) atoms. The number of nitrogens with one attached hydrogen (secondary N) is 1. The van der Waals surface area contributed by atoms with E-state index in [1.807, 2.05) is 11.3 Å². The van der Waals surface area contributed by atoms with Gasteiger partial charge in [-0.3, -0.25) is 0 Å².